The van der Waals surface area contributed by atoms with Gasteiger partial charge < -0.3 is 11.1 Å². The Kier molecular flexibility index (Phi) is 4.66. The number of nitro benzene ring substituents is 1. The van der Waals surface area contributed by atoms with Crippen LogP contribution in [0.15, 0.2) is 46.9 Å². The fourth-order valence-electron chi connectivity index (χ4n) is 1.81. The zero-order valence-electron chi connectivity index (χ0n) is 10.9. The lowest BCUT2D eigenvalue weighted by molar-refractivity contribution is -0.384. The Morgan fingerprint density at radius 2 is 2.00 bits per heavy atom. The highest BCUT2D eigenvalue weighted by Gasteiger charge is 2.16. The van der Waals surface area contributed by atoms with E-state index in [0.29, 0.717) is 10.2 Å². The van der Waals surface area contributed by atoms with Crippen molar-refractivity contribution in [3.63, 3.8) is 0 Å². The summed E-state index contributed by atoms with van der Waals surface area (Å²) in [6, 6.07) is 11.2. The predicted octanol–water partition coefficient (Wildman–Crippen LogP) is 3.07. The second-order valence-corrected chi connectivity index (χ2v) is 5.09. The van der Waals surface area contributed by atoms with Gasteiger partial charge in [0.2, 0.25) is 0 Å². The fourth-order valence-corrected chi connectivity index (χ4v) is 2.24. The van der Waals surface area contributed by atoms with Gasteiger partial charge >= 0.3 is 0 Å². The van der Waals surface area contributed by atoms with Crippen LogP contribution in [0.5, 0.6) is 0 Å². The van der Waals surface area contributed by atoms with Crippen molar-refractivity contribution >= 4 is 33.2 Å². The number of benzene rings is 2. The maximum absolute atomic E-state index is 12.3. The minimum atomic E-state index is -0.545. The van der Waals surface area contributed by atoms with Crippen LogP contribution in [-0.4, -0.2) is 10.8 Å². The molecule has 0 spiro atoms. The van der Waals surface area contributed by atoms with Gasteiger partial charge in [-0.3, -0.25) is 14.9 Å². The van der Waals surface area contributed by atoms with E-state index >= 15 is 0 Å². The third kappa shape index (κ3) is 3.45. The molecule has 0 aliphatic carbocycles. The van der Waals surface area contributed by atoms with Gasteiger partial charge in [-0.15, -0.1) is 0 Å². The van der Waals surface area contributed by atoms with E-state index in [2.05, 4.69) is 21.2 Å². The van der Waals surface area contributed by atoms with Crippen LogP contribution in [0.2, 0.25) is 0 Å². The predicted molar refractivity (Wildman–Crippen MR) is 83.1 cm³/mol. The average molecular weight is 350 g/mol. The number of nitrogens with two attached hydrogens (primary N) is 1. The van der Waals surface area contributed by atoms with E-state index in [-0.39, 0.29) is 17.8 Å². The van der Waals surface area contributed by atoms with Gasteiger partial charge in [0.25, 0.3) is 11.6 Å². The van der Waals surface area contributed by atoms with E-state index in [1.165, 1.54) is 18.2 Å². The first-order chi connectivity index (χ1) is 10.0. The highest BCUT2D eigenvalue weighted by molar-refractivity contribution is 9.10. The van der Waals surface area contributed by atoms with Crippen molar-refractivity contribution in [1.29, 1.82) is 0 Å². The molecule has 21 heavy (non-hydrogen) atoms. The quantitative estimate of drug-likeness (QED) is 0.654. The molecular formula is C14H12BrN3O3. The molecule has 2 aromatic rings. The van der Waals surface area contributed by atoms with E-state index in [1.54, 1.807) is 18.2 Å². The van der Waals surface area contributed by atoms with Crippen molar-refractivity contribution in [2.45, 2.75) is 6.54 Å². The molecule has 6 nitrogen and oxygen atoms in total. The number of hydrogen-bond donors (Lipinski definition) is 2. The summed E-state index contributed by atoms with van der Waals surface area (Å²) in [5.74, 6) is -0.438. The first-order valence-electron chi connectivity index (χ1n) is 6.06. The number of carbonyl (C=O) groups excluding carboxylic acids is 1. The lowest BCUT2D eigenvalue weighted by atomic mass is 10.1. The molecule has 2 rings (SSSR count). The fraction of sp³-hybridized carbons (Fsp3) is 0.0714. The molecule has 0 unspecified atom stereocenters. The molecule has 0 bridgehead atoms. The normalized spacial score (nSPS) is 10.2. The summed E-state index contributed by atoms with van der Waals surface area (Å²) in [7, 11) is 0. The maximum atomic E-state index is 12.3. The lowest BCUT2D eigenvalue weighted by Crippen LogP contribution is -2.15. The Morgan fingerprint density at radius 3 is 2.67 bits per heavy atom. The molecule has 108 valence electrons. The van der Waals surface area contributed by atoms with Crippen LogP contribution >= 0.6 is 15.9 Å². The molecule has 7 heteroatoms. The summed E-state index contributed by atoms with van der Waals surface area (Å²) < 4.78 is 0.482. The van der Waals surface area contributed by atoms with Gasteiger partial charge in [0.15, 0.2) is 0 Å². The van der Waals surface area contributed by atoms with Gasteiger partial charge in [0.1, 0.15) is 0 Å². The van der Waals surface area contributed by atoms with E-state index in [1.807, 2.05) is 6.07 Å². The third-order valence-electron chi connectivity index (χ3n) is 2.89. The molecule has 0 saturated carbocycles. The van der Waals surface area contributed by atoms with Crippen LogP contribution < -0.4 is 11.1 Å². The molecule has 0 aliphatic rings. The number of non-ortho nitro benzene ring substituents is 1. The molecule has 3 N–H and O–H groups in total. The highest BCUT2D eigenvalue weighted by atomic mass is 79.9. The molecular weight excluding hydrogens is 338 g/mol. The summed E-state index contributed by atoms with van der Waals surface area (Å²) in [5, 5.41) is 13.5. The number of nitrogens with one attached hydrogen (secondary N) is 1. The molecule has 0 atom stereocenters. The van der Waals surface area contributed by atoms with Crippen LogP contribution in [0.25, 0.3) is 0 Å². The van der Waals surface area contributed by atoms with Crippen molar-refractivity contribution in [3.8, 4) is 0 Å². The first kappa shape index (κ1) is 15.1. The van der Waals surface area contributed by atoms with Crippen molar-refractivity contribution in [2.75, 3.05) is 5.32 Å². The number of para-hydroxylation sites is 1. The van der Waals surface area contributed by atoms with Crippen LogP contribution in [0.1, 0.15) is 15.9 Å². The number of rotatable bonds is 4. The second kappa shape index (κ2) is 6.47. The number of anilines is 1. The second-order valence-electron chi connectivity index (χ2n) is 4.24. The minimum Gasteiger partial charge on any atom is -0.326 e. The van der Waals surface area contributed by atoms with Crippen LogP contribution in [-0.2, 0) is 6.54 Å². The lowest BCUT2D eigenvalue weighted by Gasteiger charge is -2.10. The molecule has 0 heterocycles. The molecule has 1 amide bonds. The van der Waals surface area contributed by atoms with Gasteiger partial charge in [-0.2, -0.15) is 0 Å². The van der Waals surface area contributed by atoms with Crippen LogP contribution in [0, 0.1) is 10.1 Å². The Morgan fingerprint density at radius 1 is 1.29 bits per heavy atom. The number of amides is 1. The monoisotopic (exact) mass is 349 g/mol. The number of nitrogens with zero attached hydrogens (tertiary/aromatic N) is 1. The topological polar surface area (TPSA) is 98.3 Å². The van der Waals surface area contributed by atoms with Crippen molar-refractivity contribution < 1.29 is 9.72 Å². The molecule has 0 radical (unpaired) electrons. The van der Waals surface area contributed by atoms with Gasteiger partial charge in [-0.05, 0) is 33.6 Å². The largest absolute Gasteiger partial charge is 0.326 e. The average Bonchev–Trinajstić information content (AvgIpc) is 2.47. The van der Waals surface area contributed by atoms with Crippen molar-refractivity contribution in [3.05, 3.63) is 68.2 Å². The summed E-state index contributed by atoms with van der Waals surface area (Å²) in [6.07, 6.45) is 0. The molecule has 0 saturated heterocycles. The van der Waals surface area contributed by atoms with E-state index in [0.717, 1.165) is 5.56 Å². The SMILES string of the molecule is NCc1ccccc1NC(=O)c1cc([N+](=O)[O-])ccc1Br. The van der Waals surface area contributed by atoms with E-state index < -0.39 is 10.8 Å². The molecule has 0 aliphatic heterocycles. The van der Waals surface area contributed by atoms with Gasteiger partial charge in [-0.25, -0.2) is 0 Å². The number of nitro groups is 1. The molecule has 0 fully saturated rings. The minimum absolute atomic E-state index is 0.143. The number of hydrogen-bond acceptors (Lipinski definition) is 4. The van der Waals surface area contributed by atoms with Crippen molar-refractivity contribution in [2.24, 2.45) is 5.73 Å². The smallest absolute Gasteiger partial charge is 0.270 e. The van der Waals surface area contributed by atoms with Crippen LogP contribution in [0.3, 0.4) is 0 Å². The number of halogens is 1. The van der Waals surface area contributed by atoms with Gasteiger partial charge in [-0.1, -0.05) is 18.2 Å². The Balaban J connectivity index is 2.32. The van der Waals surface area contributed by atoms with E-state index in [4.69, 9.17) is 5.73 Å². The highest BCUT2D eigenvalue weighted by Crippen LogP contribution is 2.24. The van der Waals surface area contributed by atoms with Gasteiger partial charge in [0, 0.05) is 28.8 Å². The Labute approximate surface area is 129 Å². The summed E-state index contributed by atoms with van der Waals surface area (Å²) in [4.78, 5) is 22.5. The maximum Gasteiger partial charge on any atom is 0.270 e. The zero-order valence-corrected chi connectivity index (χ0v) is 12.5. The van der Waals surface area contributed by atoms with E-state index in [9.17, 15) is 14.9 Å². The van der Waals surface area contributed by atoms with Gasteiger partial charge in [0.05, 0.1) is 10.5 Å². The zero-order chi connectivity index (χ0) is 15.4. The Bertz CT molecular complexity index is 704. The summed E-state index contributed by atoms with van der Waals surface area (Å²) in [6.45, 7) is 0.284. The molecule has 2 aromatic carbocycles. The Hall–Kier alpha value is -2.25. The summed E-state index contributed by atoms with van der Waals surface area (Å²) in [5.41, 5.74) is 7.03. The first-order valence-corrected chi connectivity index (χ1v) is 6.85. The molecule has 0 aromatic heterocycles. The standard InChI is InChI=1S/C14H12BrN3O3/c15-12-6-5-10(18(20)21)7-11(12)14(19)17-13-4-2-1-3-9(13)8-16/h1-7H,8,16H2,(H,17,19). The van der Waals surface area contributed by atoms with Crippen molar-refractivity contribution in [1.82, 2.24) is 0 Å². The summed E-state index contributed by atoms with van der Waals surface area (Å²) >= 11 is 3.22. The number of carbonyl (C=O) groups is 1. The third-order valence-corrected chi connectivity index (χ3v) is 3.58. The van der Waals surface area contributed by atoms with Crippen LogP contribution in [0.4, 0.5) is 11.4 Å².